The first-order chi connectivity index (χ1) is 15.7. The number of carbonyl (C=O) groups is 2. The molecule has 0 spiro atoms. The number of benzene rings is 1. The van der Waals surface area contributed by atoms with E-state index in [9.17, 15) is 19.1 Å². The van der Waals surface area contributed by atoms with E-state index in [-0.39, 0.29) is 41.3 Å². The second-order valence-electron chi connectivity index (χ2n) is 8.33. The fraction of sp³-hybridized carbons (Fsp3) is 0.400. The Labute approximate surface area is 193 Å². The summed E-state index contributed by atoms with van der Waals surface area (Å²) in [5.74, 6) is 4.76. The van der Waals surface area contributed by atoms with E-state index in [1.54, 1.807) is 48.0 Å². The van der Waals surface area contributed by atoms with Gasteiger partial charge in [-0.15, -0.1) is 0 Å². The van der Waals surface area contributed by atoms with Gasteiger partial charge in [-0.05, 0) is 25.1 Å². The number of pyridine rings is 1. The molecule has 33 heavy (non-hydrogen) atoms. The molecule has 0 bridgehead atoms. The van der Waals surface area contributed by atoms with Crippen LogP contribution in [-0.2, 0) is 4.79 Å². The van der Waals surface area contributed by atoms with Gasteiger partial charge in [0.25, 0.3) is 5.91 Å². The van der Waals surface area contributed by atoms with Crippen LogP contribution in [0.5, 0.6) is 5.88 Å². The first-order valence-electron chi connectivity index (χ1n) is 10.8. The fourth-order valence-electron chi connectivity index (χ4n) is 3.49. The molecule has 1 aliphatic heterocycles. The molecule has 1 aromatic carbocycles. The quantitative estimate of drug-likeness (QED) is 0.719. The average Bonchev–Trinajstić information content (AvgIpc) is 2.80. The van der Waals surface area contributed by atoms with E-state index >= 15 is 0 Å². The molecule has 0 fully saturated rings. The van der Waals surface area contributed by atoms with Crippen LogP contribution in [0.3, 0.4) is 0 Å². The van der Waals surface area contributed by atoms with Gasteiger partial charge >= 0.3 is 0 Å². The molecule has 1 aliphatic rings. The maximum Gasteiger partial charge on any atom is 0.259 e. The largest absolute Gasteiger partial charge is 0.472 e. The molecule has 2 amide bonds. The van der Waals surface area contributed by atoms with Crippen molar-refractivity contribution in [3.05, 3.63) is 59.0 Å². The molecule has 3 atom stereocenters. The highest BCUT2D eigenvalue weighted by molar-refractivity contribution is 5.97. The normalized spacial score (nSPS) is 18.7. The van der Waals surface area contributed by atoms with E-state index in [1.165, 1.54) is 19.2 Å². The maximum atomic E-state index is 13.9. The van der Waals surface area contributed by atoms with Crippen LogP contribution in [0.15, 0.2) is 36.5 Å². The van der Waals surface area contributed by atoms with Crippen molar-refractivity contribution >= 4 is 11.8 Å². The second kappa shape index (κ2) is 10.5. The van der Waals surface area contributed by atoms with Crippen molar-refractivity contribution in [2.24, 2.45) is 5.92 Å². The third-order valence-corrected chi connectivity index (χ3v) is 5.73. The number of aliphatic hydroxyl groups is 1. The zero-order valence-corrected chi connectivity index (χ0v) is 19.2. The predicted molar refractivity (Wildman–Crippen MR) is 121 cm³/mol. The minimum atomic E-state index is -0.432. The summed E-state index contributed by atoms with van der Waals surface area (Å²) >= 11 is 0. The van der Waals surface area contributed by atoms with Gasteiger partial charge in [-0.2, -0.15) is 0 Å². The lowest BCUT2D eigenvalue weighted by Gasteiger charge is -2.37. The van der Waals surface area contributed by atoms with Crippen molar-refractivity contribution in [3.8, 4) is 17.7 Å². The molecule has 0 unspecified atom stereocenters. The standard InChI is InChI=1S/C25H28FN3O4/c1-16-13-29(17(2)15-30)25(32)21-11-19(9-10-20-7-5-6-8-22(20)26)12-27-24(21)33-23(16)14-28(4)18(3)31/h5-8,11-12,16-17,23,30H,13-15H2,1-4H3/t16-,17-,23-/m0/s1. The number of amides is 2. The molecule has 0 saturated carbocycles. The number of nitrogens with zero attached hydrogens (tertiary/aromatic N) is 3. The lowest BCUT2D eigenvalue weighted by molar-refractivity contribution is -0.129. The summed E-state index contributed by atoms with van der Waals surface area (Å²) in [7, 11) is 1.69. The van der Waals surface area contributed by atoms with E-state index in [1.807, 2.05) is 6.92 Å². The molecule has 1 aromatic heterocycles. The van der Waals surface area contributed by atoms with E-state index < -0.39 is 18.0 Å². The molecule has 3 rings (SSSR count). The molecule has 0 saturated heterocycles. The molecular weight excluding hydrogens is 425 g/mol. The number of fused-ring (bicyclic) bond motifs is 1. The number of likely N-dealkylation sites (N-methyl/N-ethyl adjacent to an activating group) is 1. The highest BCUT2D eigenvalue weighted by atomic mass is 19.1. The van der Waals surface area contributed by atoms with Gasteiger partial charge < -0.3 is 19.6 Å². The Kier molecular flexibility index (Phi) is 7.67. The number of aliphatic hydroxyl groups excluding tert-OH is 1. The average molecular weight is 454 g/mol. The van der Waals surface area contributed by atoms with Crippen LogP contribution >= 0.6 is 0 Å². The zero-order chi connectivity index (χ0) is 24.1. The van der Waals surface area contributed by atoms with Crippen LogP contribution < -0.4 is 4.74 Å². The first-order valence-corrected chi connectivity index (χ1v) is 10.8. The number of hydrogen-bond acceptors (Lipinski definition) is 5. The lowest BCUT2D eigenvalue weighted by atomic mass is 10.00. The number of rotatable bonds is 4. The third-order valence-electron chi connectivity index (χ3n) is 5.73. The highest BCUT2D eigenvalue weighted by Gasteiger charge is 2.34. The number of aromatic nitrogens is 1. The maximum absolute atomic E-state index is 13.9. The van der Waals surface area contributed by atoms with Gasteiger partial charge in [0, 0.05) is 38.2 Å². The Morgan fingerprint density at radius 3 is 2.79 bits per heavy atom. The Morgan fingerprint density at radius 2 is 2.12 bits per heavy atom. The number of hydrogen-bond donors (Lipinski definition) is 1. The zero-order valence-electron chi connectivity index (χ0n) is 19.2. The summed E-state index contributed by atoms with van der Waals surface area (Å²) in [6.45, 7) is 5.63. The fourth-order valence-corrected chi connectivity index (χ4v) is 3.49. The highest BCUT2D eigenvalue weighted by Crippen LogP contribution is 2.27. The Bertz CT molecular complexity index is 1090. The van der Waals surface area contributed by atoms with Crippen molar-refractivity contribution in [2.45, 2.75) is 32.9 Å². The Hall–Kier alpha value is -3.44. The van der Waals surface area contributed by atoms with Crippen molar-refractivity contribution in [1.82, 2.24) is 14.8 Å². The van der Waals surface area contributed by atoms with Crippen molar-refractivity contribution in [2.75, 3.05) is 26.7 Å². The molecule has 0 aliphatic carbocycles. The monoisotopic (exact) mass is 453 g/mol. The SMILES string of the molecule is CC(=O)N(C)C[C@@H]1Oc2ncc(C#Cc3ccccc3F)cc2C(=O)N([C@@H](C)CO)C[C@@H]1C. The van der Waals surface area contributed by atoms with Crippen LogP contribution in [0.25, 0.3) is 0 Å². The smallest absolute Gasteiger partial charge is 0.259 e. The topological polar surface area (TPSA) is 83.0 Å². The molecular formula is C25H28FN3O4. The summed E-state index contributed by atoms with van der Waals surface area (Å²) in [4.78, 5) is 32.6. The summed E-state index contributed by atoms with van der Waals surface area (Å²) in [5, 5.41) is 9.72. The molecule has 2 heterocycles. The van der Waals surface area contributed by atoms with Crippen LogP contribution in [0, 0.1) is 23.6 Å². The number of ether oxygens (including phenoxy) is 1. The molecule has 8 heteroatoms. The Morgan fingerprint density at radius 1 is 1.39 bits per heavy atom. The Balaban J connectivity index is 2.02. The molecule has 174 valence electrons. The first kappa shape index (κ1) is 24.2. The van der Waals surface area contributed by atoms with Crippen LogP contribution in [0.2, 0.25) is 0 Å². The van der Waals surface area contributed by atoms with Gasteiger partial charge in [0.2, 0.25) is 11.8 Å². The van der Waals surface area contributed by atoms with E-state index in [0.29, 0.717) is 18.7 Å². The van der Waals surface area contributed by atoms with Crippen LogP contribution in [0.4, 0.5) is 4.39 Å². The van der Waals surface area contributed by atoms with Gasteiger partial charge in [-0.3, -0.25) is 9.59 Å². The van der Waals surface area contributed by atoms with Gasteiger partial charge in [0.15, 0.2) is 0 Å². The van der Waals surface area contributed by atoms with Gasteiger partial charge in [0.05, 0.1) is 24.8 Å². The number of carbonyl (C=O) groups excluding carboxylic acids is 2. The van der Waals surface area contributed by atoms with Gasteiger partial charge in [0.1, 0.15) is 17.5 Å². The minimum Gasteiger partial charge on any atom is -0.472 e. The van der Waals surface area contributed by atoms with E-state index in [4.69, 9.17) is 4.74 Å². The molecule has 1 N–H and O–H groups in total. The molecule has 7 nitrogen and oxygen atoms in total. The van der Waals surface area contributed by atoms with Gasteiger partial charge in [-0.1, -0.05) is 30.9 Å². The van der Waals surface area contributed by atoms with Crippen molar-refractivity contribution in [3.63, 3.8) is 0 Å². The molecule has 2 aromatic rings. The van der Waals surface area contributed by atoms with E-state index in [0.717, 1.165) is 0 Å². The van der Waals surface area contributed by atoms with Crippen LogP contribution in [0.1, 0.15) is 42.3 Å². The van der Waals surface area contributed by atoms with Crippen molar-refractivity contribution in [1.29, 1.82) is 0 Å². The number of halogens is 1. The van der Waals surface area contributed by atoms with E-state index in [2.05, 4.69) is 16.8 Å². The predicted octanol–water partition coefficient (Wildman–Crippen LogP) is 2.32. The summed E-state index contributed by atoms with van der Waals surface area (Å²) < 4.78 is 20.0. The summed E-state index contributed by atoms with van der Waals surface area (Å²) in [6, 6.07) is 7.31. The van der Waals surface area contributed by atoms with Crippen molar-refractivity contribution < 1.29 is 23.8 Å². The summed E-state index contributed by atoms with van der Waals surface area (Å²) in [6.07, 6.45) is 1.06. The van der Waals surface area contributed by atoms with Crippen LogP contribution in [-0.4, -0.2) is 70.6 Å². The molecule has 0 radical (unpaired) electrons. The second-order valence-corrected chi connectivity index (χ2v) is 8.33. The lowest BCUT2D eigenvalue weighted by Crippen LogP contribution is -2.50. The minimum absolute atomic E-state index is 0.100. The van der Waals surface area contributed by atoms with Gasteiger partial charge in [-0.25, -0.2) is 9.37 Å². The summed E-state index contributed by atoms with van der Waals surface area (Å²) in [5.41, 5.74) is 0.873. The third kappa shape index (κ3) is 5.68.